The molecule has 0 aromatic heterocycles. The van der Waals surface area contributed by atoms with Gasteiger partial charge in [0.15, 0.2) is 0 Å². The predicted octanol–water partition coefficient (Wildman–Crippen LogP) is 4.46. The van der Waals surface area contributed by atoms with Gasteiger partial charge < -0.3 is 4.74 Å². The molecule has 0 atom stereocenters. The maximum absolute atomic E-state index is 12.3. The lowest BCUT2D eigenvalue weighted by atomic mass is 10.2. The topological polar surface area (TPSA) is 55.4 Å². The van der Waals surface area contributed by atoms with Gasteiger partial charge in [0.05, 0.1) is 10.6 Å². The molecular weight excluding hydrogens is 399 g/mol. The zero-order valence-corrected chi connectivity index (χ0v) is 14.1. The largest absolute Gasteiger partial charge is 0.573 e. The summed E-state index contributed by atoms with van der Waals surface area (Å²) >= 11 is 3.26. The van der Waals surface area contributed by atoms with Crippen molar-refractivity contribution in [2.45, 2.75) is 18.2 Å². The fourth-order valence-corrected chi connectivity index (χ4v) is 3.42. The molecule has 2 rings (SSSR count). The lowest BCUT2D eigenvalue weighted by Crippen LogP contribution is -2.18. The minimum absolute atomic E-state index is 0.329. The van der Waals surface area contributed by atoms with Crippen LogP contribution in [-0.2, 0) is 10.0 Å². The van der Waals surface area contributed by atoms with Gasteiger partial charge in [-0.1, -0.05) is 22.0 Å². The lowest BCUT2D eigenvalue weighted by Gasteiger charge is -2.13. The maximum atomic E-state index is 12.3. The Kier molecular flexibility index (Phi) is 4.90. The molecule has 2 aromatic rings. The fourth-order valence-electron chi connectivity index (χ4n) is 1.78. The molecule has 0 heterocycles. The maximum Gasteiger partial charge on any atom is 0.573 e. The second-order valence-corrected chi connectivity index (χ2v) is 7.19. The van der Waals surface area contributed by atoms with Crippen molar-refractivity contribution in [1.82, 2.24) is 0 Å². The van der Waals surface area contributed by atoms with Gasteiger partial charge in [0.25, 0.3) is 10.0 Å². The zero-order valence-electron chi connectivity index (χ0n) is 11.7. The van der Waals surface area contributed by atoms with E-state index in [4.69, 9.17) is 0 Å². The van der Waals surface area contributed by atoms with Crippen molar-refractivity contribution in [3.63, 3.8) is 0 Å². The number of benzene rings is 2. The molecule has 0 aliphatic rings. The Hall–Kier alpha value is -1.74. The van der Waals surface area contributed by atoms with E-state index in [9.17, 15) is 21.6 Å². The Labute approximate surface area is 139 Å². The first-order chi connectivity index (χ1) is 10.6. The number of aryl methyl sites for hydroxylation is 1. The molecule has 1 N–H and O–H groups in total. The molecule has 124 valence electrons. The van der Waals surface area contributed by atoms with Crippen molar-refractivity contribution < 1.29 is 26.3 Å². The number of nitrogens with one attached hydrogen (secondary N) is 1. The van der Waals surface area contributed by atoms with Crippen LogP contribution in [0, 0.1) is 6.92 Å². The minimum Gasteiger partial charge on any atom is -0.406 e. The normalized spacial score (nSPS) is 12.0. The molecule has 0 amide bonds. The summed E-state index contributed by atoms with van der Waals surface area (Å²) in [6, 6.07) is 9.09. The first kappa shape index (κ1) is 17.6. The molecule has 0 aliphatic heterocycles. The second kappa shape index (κ2) is 6.40. The number of ether oxygens (including phenoxy) is 1. The number of rotatable bonds is 4. The molecule has 0 saturated heterocycles. The summed E-state index contributed by atoms with van der Waals surface area (Å²) in [6.45, 7) is 1.70. The Bertz CT molecular complexity index is 822. The number of halogens is 4. The van der Waals surface area contributed by atoms with E-state index in [1.165, 1.54) is 12.1 Å². The monoisotopic (exact) mass is 409 g/mol. The number of anilines is 1. The summed E-state index contributed by atoms with van der Waals surface area (Å²) in [7, 11) is -4.04. The average molecular weight is 410 g/mol. The van der Waals surface area contributed by atoms with Crippen LogP contribution in [0.3, 0.4) is 0 Å². The van der Waals surface area contributed by atoms with Gasteiger partial charge in [-0.25, -0.2) is 8.42 Å². The summed E-state index contributed by atoms with van der Waals surface area (Å²) in [6.07, 6.45) is -4.89. The third-order valence-electron chi connectivity index (χ3n) is 2.78. The molecular formula is C14H11BrF3NO3S. The molecule has 2 aromatic carbocycles. The first-order valence-electron chi connectivity index (χ1n) is 6.22. The first-order valence-corrected chi connectivity index (χ1v) is 8.49. The van der Waals surface area contributed by atoms with E-state index in [0.717, 1.165) is 16.6 Å². The average Bonchev–Trinajstić information content (AvgIpc) is 2.40. The third-order valence-corrected chi connectivity index (χ3v) is 4.64. The van der Waals surface area contributed by atoms with Crippen molar-refractivity contribution in [1.29, 1.82) is 0 Å². The van der Waals surface area contributed by atoms with Gasteiger partial charge in [0.2, 0.25) is 0 Å². The molecule has 9 heteroatoms. The van der Waals surface area contributed by atoms with E-state index >= 15 is 0 Å². The Morgan fingerprint density at radius 1 is 1.13 bits per heavy atom. The highest BCUT2D eigenvalue weighted by Crippen LogP contribution is 2.27. The van der Waals surface area contributed by atoms with Crippen molar-refractivity contribution >= 4 is 31.6 Å². The van der Waals surface area contributed by atoms with Gasteiger partial charge in [-0.15, -0.1) is 13.2 Å². The molecule has 4 nitrogen and oxygen atoms in total. The number of sulfonamides is 1. The summed E-state index contributed by atoms with van der Waals surface area (Å²) in [5, 5.41) is 0. The summed E-state index contributed by atoms with van der Waals surface area (Å²) in [4.78, 5) is -0.332. The van der Waals surface area contributed by atoms with Crippen LogP contribution >= 0.6 is 15.9 Å². The van der Waals surface area contributed by atoms with Gasteiger partial charge in [-0.2, -0.15) is 0 Å². The zero-order chi connectivity index (χ0) is 17.3. The SMILES string of the molecule is Cc1cc(Br)ccc1NS(=O)(=O)c1cccc(OC(F)(F)F)c1. The van der Waals surface area contributed by atoms with Crippen LogP contribution in [0.4, 0.5) is 18.9 Å². The molecule has 0 aliphatic carbocycles. The van der Waals surface area contributed by atoms with Crippen molar-refractivity contribution in [2.24, 2.45) is 0 Å². The highest BCUT2D eigenvalue weighted by molar-refractivity contribution is 9.10. The van der Waals surface area contributed by atoms with Gasteiger partial charge in [-0.05, 0) is 42.8 Å². The Morgan fingerprint density at radius 2 is 1.83 bits per heavy atom. The van der Waals surface area contributed by atoms with Crippen LogP contribution in [0.25, 0.3) is 0 Å². The molecule has 0 radical (unpaired) electrons. The molecule has 23 heavy (non-hydrogen) atoms. The molecule has 0 fully saturated rings. The number of alkyl halides is 3. The van der Waals surface area contributed by atoms with E-state index in [0.29, 0.717) is 11.3 Å². The molecule has 0 unspecified atom stereocenters. The summed E-state index contributed by atoms with van der Waals surface area (Å²) in [5.41, 5.74) is 0.987. The van der Waals surface area contributed by atoms with Crippen LogP contribution in [0.5, 0.6) is 5.75 Å². The van der Waals surface area contributed by atoms with Gasteiger partial charge in [-0.3, -0.25) is 4.72 Å². The highest BCUT2D eigenvalue weighted by Gasteiger charge is 2.31. The fraction of sp³-hybridized carbons (Fsp3) is 0.143. The quantitative estimate of drug-likeness (QED) is 0.810. The molecule has 0 saturated carbocycles. The van der Waals surface area contributed by atoms with E-state index in [-0.39, 0.29) is 4.90 Å². The van der Waals surface area contributed by atoms with Crippen LogP contribution in [-0.4, -0.2) is 14.8 Å². The van der Waals surface area contributed by atoms with Gasteiger partial charge in [0, 0.05) is 10.5 Å². The predicted molar refractivity (Wildman–Crippen MR) is 82.8 cm³/mol. The van der Waals surface area contributed by atoms with Crippen LogP contribution in [0.15, 0.2) is 51.8 Å². The minimum atomic E-state index is -4.89. The second-order valence-electron chi connectivity index (χ2n) is 4.59. The number of hydrogen-bond donors (Lipinski definition) is 1. The van der Waals surface area contributed by atoms with Crippen molar-refractivity contribution in [3.8, 4) is 5.75 Å². The van der Waals surface area contributed by atoms with Crippen molar-refractivity contribution in [2.75, 3.05) is 4.72 Å². The molecule has 0 spiro atoms. The Morgan fingerprint density at radius 3 is 2.43 bits per heavy atom. The van der Waals surface area contributed by atoms with E-state index < -0.39 is 22.1 Å². The lowest BCUT2D eigenvalue weighted by molar-refractivity contribution is -0.274. The molecule has 0 bridgehead atoms. The Balaban J connectivity index is 2.31. The van der Waals surface area contributed by atoms with Gasteiger partial charge >= 0.3 is 6.36 Å². The third kappa shape index (κ3) is 4.87. The van der Waals surface area contributed by atoms with E-state index in [1.807, 2.05) is 0 Å². The van der Waals surface area contributed by atoms with E-state index in [2.05, 4.69) is 25.4 Å². The smallest absolute Gasteiger partial charge is 0.406 e. The van der Waals surface area contributed by atoms with Crippen LogP contribution < -0.4 is 9.46 Å². The summed E-state index contributed by atoms with van der Waals surface area (Å²) in [5.74, 6) is -0.604. The van der Waals surface area contributed by atoms with Crippen molar-refractivity contribution in [3.05, 3.63) is 52.5 Å². The van der Waals surface area contributed by atoms with Gasteiger partial charge in [0.1, 0.15) is 5.75 Å². The van der Waals surface area contributed by atoms with Crippen LogP contribution in [0.1, 0.15) is 5.56 Å². The highest BCUT2D eigenvalue weighted by atomic mass is 79.9. The van der Waals surface area contributed by atoms with Crippen LogP contribution in [0.2, 0.25) is 0 Å². The summed E-state index contributed by atoms with van der Waals surface area (Å²) < 4.78 is 68.1. The van der Waals surface area contributed by atoms with E-state index in [1.54, 1.807) is 25.1 Å². The number of hydrogen-bond acceptors (Lipinski definition) is 3. The standard InChI is InChI=1S/C14H11BrF3NO3S/c1-9-7-10(15)5-6-13(9)19-23(20,21)12-4-2-3-11(8-12)22-14(16,17)18/h2-8,19H,1H3.